The quantitative estimate of drug-likeness (QED) is 0.879. The largest absolute Gasteiger partial charge is 0.378 e. The van der Waals surface area contributed by atoms with Crippen LogP contribution >= 0.6 is 11.3 Å². The van der Waals surface area contributed by atoms with Crippen molar-refractivity contribution in [3.05, 3.63) is 41.0 Å². The molecule has 1 aromatic heterocycles. The van der Waals surface area contributed by atoms with Gasteiger partial charge in [0.1, 0.15) is 0 Å². The zero-order valence-electron chi connectivity index (χ0n) is 13.4. The molecule has 1 N–H and O–H groups in total. The van der Waals surface area contributed by atoms with E-state index in [1.165, 1.54) is 10.4 Å². The SMILES string of the molecule is Cc1ncsc1-c1ccc(CNC(=O)CCC2CCCO2)cc1. The minimum Gasteiger partial charge on any atom is -0.378 e. The van der Waals surface area contributed by atoms with Crippen molar-refractivity contribution in [1.82, 2.24) is 10.3 Å². The molecule has 1 amide bonds. The van der Waals surface area contributed by atoms with Gasteiger partial charge in [-0.2, -0.15) is 0 Å². The van der Waals surface area contributed by atoms with Crippen molar-refractivity contribution in [2.24, 2.45) is 0 Å². The molecule has 0 saturated carbocycles. The maximum atomic E-state index is 11.9. The lowest BCUT2D eigenvalue weighted by Crippen LogP contribution is -2.23. The first-order chi connectivity index (χ1) is 11.2. The predicted molar refractivity (Wildman–Crippen MR) is 92.3 cm³/mol. The van der Waals surface area contributed by atoms with Crippen molar-refractivity contribution in [2.75, 3.05) is 6.61 Å². The molecule has 5 heteroatoms. The van der Waals surface area contributed by atoms with E-state index in [1.807, 2.05) is 12.4 Å². The molecule has 0 spiro atoms. The van der Waals surface area contributed by atoms with Crippen LogP contribution in [0.4, 0.5) is 0 Å². The minimum absolute atomic E-state index is 0.0999. The fourth-order valence-corrected chi connectivity index (χ4v) is 3.62. The van der Waals surface area contributed by atoms with E-state index in [-0.39, 0.29) is 12.0 Å². The minimum atomic E-state index is 0.0999. The maximum Gasteiger partial charge on any atom is 0.220 e. The highest BCUT2D eigenvalue weighted by Gasteiger charge is 2.16. The maximum absolute atomic E-state index is 11.9. The van der Waals surface area contributed by atoms with Crippen LogP contribution in [0.2, 0.25) is 0 Å². The van der Waals surface area contributed by atoms with E-state index in [2.05, 4.69) is 34.6 Å². The Bertz CT molecular complexity index is 645. The third-order valence-electron chi connectivity index (χ3n) is 4.17. The molecule has 1 atom stereocenters. The number of aromatic nitrogens is 1. The molecule has 1 aliphatic heterocycles. The van der Waals surface area contributed by atoms with Gasteiger partial charge >= 0.3 is 0 Å². The van der Waals surface area contributed by atoms with Gasteiger partial charge < -0.3 is 10.1 Å². The van der Waals surface area contributed by atoms with E-state index in [4.69, 9.17) is 4.74 Å². The topological polar surface area (TPSA) is 51.2 Å². The van der Waals surface area contributed by atoms with Crippen LogP contribution in [0.5, 0.6) is 0 Å². The third-order valence-corrected chi connectivity index (χ3v) is 5.15. The summed E-state index contributed by atoms with van der Waals surface area (Å²) in [5.41, 5.74) is 5.22. The Morgan fingerprint density at radius 2 is 2.22 bits per heavy atom. The molecular formula is C18H22N2O2S. The van der Waals surface area contributed by atoms with Gasteiger partial charge in [-0.05, 0) is 37.3 Å². The molecule has 0 aliphatic carbocycles. The highest BCUT2D eigenvalue weighted by atomic mass is 32.1. The van der Waals surface area contributed by atoms with Gasteiger partial charge in [0.2, 0.25) is 5.91 Å². The summed E-state index contributed by atoms with van der Waals surface area (Å²) in [4.78, 5) is 17.4. The molecule has 0 bridgehead atoms. The van der Waals surface area contributed by atoms with Crippen LogP contribution in [0, 0.1) is 6.92 Å². The zero-order chi connectivity index (χ0) is 16.1. The average Bonchev–Trinajstić information content (AvgIpc) is 3.23. The molecule has 1 fully saturated rings. The second kappa shape index (κ2) is 7.70. The number of ether oxygens (including phenoxy) is 1. The summed E-state index contributed by atoms with van der Waals surface area (Å²) in [6, 6.07) is 8.31. The number of hydrogen-bond donors (Lipinski definition) is 1. The fourth-order valence-electron chi connectivity index (χ4n) is 2.81. The van der Waals surface area contributed by atoms with Crippen molar-refractivity contribution in [3.63, 3.8) is 0 Å². The first-order valence-corrected chi connectivity index (χ1v) is 8.98. The Kier molecular flexibility index (Phi) is 5.41. The van der Waals surface area contributed by atoms with Crippen molar-refractivity contribution >= 4 is 17.2 Å². The lowest BCUT2D eigenvalue weighted by molar-refractivity contribution is -0.121. The van der Waals surface area contributed by atoms with Crippen molar-refractivity contribution in [2.45, 2.75) is 45.3 Å². The van der Waals surface area contributed by atoms with Crippen molar-refractivity contribution < 1.29 is 9.53 Å². The second-order valence-corrected chi connectivity index (χ2v) is 6.77. The molecule has 3 rings (SSSR count). The highest BCUT2D eigenvalue weighted by Crippen LogP contribution is 2.27. The predicted octanol–water partition coefficient (Wildman–Crippen LogP) is 3.69. The Hall–Kier alpha value is -1.72. The molecule has 1 aromatic carbocycles. The van der Waals surface area contributed by atoms with Gasteiger partial charge in [-0.1, -0.05) is 24.3 Å². The van der Waals surface area contributed by atoms with E-state index in [0.717, 1.165) is 37.1 Å². The summed E-state index contributed by atoms with van der Waals surface area (Å²) < 4.78 is 5.54. The van der Waals surface area contributed by atoms with Gasteiger partial charge in [-0.25, -0.2) is 4.98 Å². The first kappa shape index (κ1) is 16.1. The number of amides is 1. The van der Waals surface area contributed by atoms with Gasteiger partial charge in [0.05, 0.1) is 22.2 Å². The number of rotatable bonds is 6. The lowest BCUT2D eigenvalue weighted by atomic mass is 10.1. The number of nitrogens with zero attached hydrogens (tertiary/aromatic N) is 1. The molecular weight excluding hydrogens is 308 g/mol. The average molecular weight is 330 g/mol. The third kappa shape index (κ3) is 4.39. The Labute approximate surface area is 140 Å². The Balaban J connectivity index is 1.46. The number of hydrogen-bond acceptors (Lipinski definition) is 4. The summed E-state index contributed by atoms with van der Waals surface area (Å²) in [5, 5.41) is 2.98. The standard InChI is InChI=1S/C18H22N2O2S/c1-13-18(23-12-20-13)15-6-4-14(5-7-15)11-19-17(21)9-8-16-3-2-10-22-16/h4-7,12,16H,2-3,8-11H2,1H3,(H,19,21). The van der Waals surface area contributed by atoms with E-state index < -0.39 is 0 Å². The number of carbonyl (C=O) groups excluding carboxylic acids is 1. The summed E-state index contributed by atoms with van der Waals surface area (Å²) in [6.45, 7) is 3.44. The van der Waals surface area contributed by atoms with Crippen molar-refractivity contribution in [3.8, 4) is 10.4 Å². The Morgan fingerprint density at radius 1 is 1.39 bits per heavy atom. The monoisotopic (exact) mass is 330 g/mol. The molecule has 4 nitrogen and oxygen atoms in total. The van der Waals surface area contributed by atoms with Gasteiger partial charge in [0.25, 0.3) is 0 Å². The van der Waals surface area contributed by atoms with Gasteiger partial charge in [0.15, 0.2) is 0 Å². The Morgan fingerprint density at radius 3 is 2.87 bits per heavy atom. The summed E-state index contributed by atoms with van der Waals surface area (Å²) in [5.74, 6) is 0.0999. The smallest absolute Gasteiger partial charge is 0.220 e. The molecule has 2 aromatic rings. The van der Waals surface area contributed by atoms with E-state index in [1.54, 1.807) is 11.3 Å². The van der Waals surface area contributed by atoms with Crippen molar-refractivity contribution in [1.29, 1.82) is 0 Å². The van der Waals surface area contributed by atoms with Crippen LogP contribution in [-0.4, -0.2) is 23.6 Å². The zero-order valence-corrected chi connectivity index (χ0v) is 14.2. The van der Waals surface area contributed by atoms with Gasteiger partial charge in [0, 0.05) is 19.6 Å². The van der Waals surface area contributed by atoms with Gasteiger partial charge in [-0.15, -0.1) is 11.3 Å². The number of thiazole rings is 1. The van der Waals surface area contributed by atoms with Crippen LogP contribution in [0.15, 0.2) is 29.8 Å². The van der Waals surface area contributed by atoms with Gasteiger partial charge in [-0.3, -0.25) is 4.79 Å². The van der Waals surface area contributed by atoms with Crippen LogP contribution in [-0.2, 0) is 16.1 Å². The van der Waals surface area contributed by atoms with Crippen LogP contribution in [0.25, 0.3) is 10.4 Å². The summed E-state index contributed by atoms with van der Waals surface area (Å²) in [7, 11) is 0. The molecule has 1 aliphatic rings. The summed E-state index contributed by atoms with van der Waals surface area (Å²) in [6.07, 6.45) is 3.87. The summed E-state index contributed by atoms with van der Waals surface area (Å²) >= 11 is 1.65. The molecule has 0 radical (unpaired) electrons. The highest BCUT2D eigenvalue weighted by molar-refractivity contribution is 7.13. The van der Waals surface area contributed by atoms with E-state index >= 15 is 0 Å². The molecule has 1 unspecified atom stereocenters. The lowest BCUT2D eigenvalue weighted by Gasteiger charge is -2.09. The number of benzene rings is 1. The van der Waals surface area contributed by atoms with Crippen LogP contribution in [0.1, 0.15) is 36.9 Å². The molecule has 23 heavy (non-hydrogen) atoms. The van der Waals surface area contributed by atoms with Crippen LogP contribution < -0.4 is 5.32 Å². The second-order valence-electron chi connectivity index (χ2n) is 5.91. The molecule has 1 saturated heterocycles. The number of aryl methyl sites for hydroxylation is 1. The van der Waals surface area contributed by atoms with E-state index in [9.17, 15) is 4.79 Å². The molecule has 122 valence electrons. The molecule has 2 heterocycles. The van der Waals surface area contributed by atoms with Crippen LogP contribution in [0.3, 0.4) is 0 Å². The fraction of sp³-hybridized carbons (Fsp3) is 0.444. The number of carbonyl (C=O) groups is 1. The van der Waals surface area contributed by atoms with E-state index in [0.29, 0.717) is 13.0 Å². The first-order valence-electron chi connectivity index (χ1n) is 8.10. The number of nitrogens with one attached hydrogen (secondary N) is 1. The normalized spacial score (nSPS) is 17.3.